The standard InChI is InChI=1S/C15H9ClF3N3O2/c16-11-5-9(17)2-4-12(11)23-7-10-3-1-8(6-20-10)14-21-22-15(24-14)13(18)19/h1-6,13H,7H2. The first kappa shape index (κ1) is 16.3. The largest absolute Gasteiger partial charge is 0.486 e. The first-order valence-electron chi connectivity index (χ1n) is 6.67. The van der Waals surface area contributed by atoms with Crippen molar-refractivity contribution in [3.8, 4) is 17.2 Å². The second-order valence-electron chi connectivity index (χ2n) is 4.65. The van der Waals surface area contributed by atoms with E-state index in [0.717, 1.165) is 6.07 Å². The van der Waals surface area contributed by atoms with Crippen molar-refractivity contribution in [1.82, 2.24) is 15.2 Å². The Bertz CT molecular complexity index is 840. The SMILES string of the molecule is Fc1ccc(OCc2ccc(-c3nnc(C(F)F)o3)cn2)c(Cl)c1. The number of hydrogen-bond acceptors (Lipinski definition) is 5. The molecule has 0 saturated carbocycles. The third-order valence-corrected chi connectivity index (χ3v) is 3.26. The topological polar surface area (TPSA) is 61.0 Å². The van der Waals surface area contributed by atoms with E-state index in [9.17, 15) is 13.2 Å². The molecule has 24 heavy (non-hydrogen) atoms. The third-order valence-electron chi connectivity index (χ3n) is 2.97. The van der Waals surface area contributed by atoms with E-state index >= 15 is 0 Å². The molecule has 124 valence electrons. The fourth-order valence-electron chi connectivity index (χ4n) is 1.82. The summed E-state index contributed by atoms with van der Waals surface area (Å²) in [4.78, 5) is 4.11. The molecule has 0 aliphatic heterocycles. The lowest BCUT2D eigenvalue weighted by Gasteiger charge is -2.07. The summed E-state index contributed by atoms with van der Waals surface area (Å²) in [7, 11) is 0. The van der Waals surface area contributed by atoms with Gasteiger partial charge < -0.3 is 9.15 Å². The zero-order valence-electron chi connectivity index (χ0n) is 11.9. The van der Waals surface area contributed by atoms with Crippen LogP contribution in [0.15, 0.2) is 40.9 Å². The summed E-state index contributed by atoms with van der Waals surface area (Å²) < 4.78 is 48.1. The Morgan fingerprint density at radius 2 is 2.00 bits per heavy atom. The lowest BCUT2D eigenvalue weighted by molar-refractivity contribution is 0.116. The molecule has 0 spiro atoms. The van der Waals surface area contributed by atoms with Crippen LogP contribution >= 0.6 is 11.6 Å². The van der Waals surface area contributed by atoms with Gasteiger partial charge in [0.05, 0.1) is 16.3 Å². The monoisotopic (exact) mass is 355 g/mol. The van der Waals surface area contributed by atoms with Crippen LogP contribution in [0.1, 0.15) is 18.0 Å². The van der Waals surface area contributed by atoms with Gasteiger partial charge in [-0.15, -0.1) is 10.2 Å². The van der Waals surface area contributed by atoms with Crippen LogP contribution in [0.2, 0.25) is 5.02 Å². The lowest BCUT2D eigenvalue weighted by Crippen LogP contribution is -1.98. The normalized spacial score (nSPS) is 11.0. The van der Waals surface area contributed by atoms with E-state index in [4.69, 9.17) is 20.8 Å². The fraction of sp³-hybridized carbons (Fsp3) is 0.133. The van der Waals surface area contributed by atoms with Gasteiger partial charge in [-0.2, -0.15) is 8.78 Å². The van der Waals surface area contributed by atoms with Crippen molar-refractivity contribution in [3.05, 3.63) is 59.0 Å². The van der Waals surface area contributed by atoms with Crippen LogP contribution in [0.25, 0.3) is 11.5 Å². The Hall–Kier alpha value is -2.61. The Morgan fingerprint density at radius 1 is 1.17 bits per heavy atom. The summed E-state index contributed by atoms with van der Waals surface area (Å²) in [6.07, 6.45) is -1.43. The predicted octanol–water partition coefficient (Wildman–Crippen LogP) is 4.44. The summed E-state index contributed by atoms with van der Waals surface area (Å²) in [6.45, 7) is 0.0950. The summed E-state index contributed by atoms with van der Waals surface area (Å²) >= 11 is 5.85. The van der Waals surface area contributed by atoms with E-state index in [1.54, 1.807) is 12.1 Å². The summed E-state index contributed by atoms with van der Waals surface area (Å²) in [6, 6.07) is 6.98. The minimum atomic E-state index is -2.83. The van der Waals surface area contributed by atoms with Crippen LogP contribution in [-0.4, -0.2) is 15.2 Å². The van der Waals surface area contributed by atoms with E-state index in [2.05, 4.69) is 15.2 Å². The Kier molecular flexibility index (Phi) is 4.66. The molecule has 0 aliphatic carbocycles. The number of halogens is 4. The number of ether oxygens (including phenoxy) is 1. The molecule has 0 bridgehead atoms. The van der Waals surface area contributed by atoms with Crippen molar-refractivity contribution in [3.63, 3.8) is 0 Å². The van der Waals surface area contributed by atoms with E-state index in [-0.39, 0.29) is 17.5 Å². The van der Waals surface area contributed by atoms with Crippen molar-refractivity contribution >= 4 is 11.6 Å². The quantitative estimate of drug-likeness (QED) is 0.677. The number of pyridine rings is 1. The number of aromatic nitrogens is 3. The minimum absolute atomic E-state index is 0.0492. The van der Waals surface area contributed by atoms with Gasteiger partial charge in [0, 0.05) is 6.20 Å². The first-order chi connectivity index (χ1) is 11.5. The molecule has 0 fully saturated rings. The first-order valence-corrected chi connectivity index (χ1v) is 7.05. The van der Waals surface area contributed by atoms with Gasteiger partial charge >= 0.3 is 6.43 Å². The van der Waals surface area contributed by atoms with Gasteiger partial charge in [-0.3, -0.25) is 4.98 Å². The van der Waals surface area contributed by atoms with E-state index in [1.807, 2.05) is 0 Å². The average molecular weight is 356 g/mol. The van der Waals surface area contributed by atoms with Crippen molar-refractivity contribution < 1.29 is 22.3 Å². The van der Waals surface area contributed by atoms with Gasteiger partial charge in [0.15, 0.2) is 0 Å². The van der Waals surface area contributed by atoms with E-state index in [0.29, 0.717) is 17.0 Å². The molecule has 0 saturated heterocycles. The van der Waals surface area contributed by atoms with Gasteiger partial charge in [-0.1, -0.05) is 11.6 Å². The predicted molar refractivity (Wildman–Crippen MR) is 78.2 cm³/mol. The molecule has 2 heterocycles. The highest BCUT2D eigenvalue weighted by Crippen LogP contribution is 2.26. The van der Waals surface area contributed by atoms with Crippen molar-refractivity contribution in [2.75, 3.05) is 0 Å². The number of rotatable bonds is 5. The fourth-order valence-corrected chi connectivity index (χ4v) is 2.04. The number of hydrogen-bond donors (Lipinski definition) is 0. The molecule has 0 atom stereocenters. The van der Waals surface area contributed by atoms with Gasteiger partial charge in [0.1, 0.15) is 18.2 Å². The highest BCUT2D eigenvalue weighted by molar-refractivity contribution is 6.32. The molecule has 5 nitrogen and oxygen atoms in total. The molecule has 3 rings (SSSR count). The average Bonchev–Trinajstić information content (AvgIpc) is 3.05. The van der Waals surface area contributed by atoms with Crippen LogP contribution < -0.4 is 4.74 Å². The third kappa shape index (κ3) is 3.65. The molecule has 0 amide bonds. The maximum absolute atomic E-state index is 12.9. The van der Waals surface area contributed by atoms with Gasteiger partial charge in [-0.25, -0.2) is 4.39 Å². The van der Waals surface area contributed by atoms with Crippen LogP contribution in [0.5, 0.6) is 5.75 Å². The van der Waals surface area contributed by atoms with Gasteiger partial charge in [0.2, 0.25) is 5.89 Å². The maximum atomic E-state index is 12.9. The zero-order chi connectivity index (χ0) is 17.1. The molecule has 2 aromatic heterocycles. The van der Waals surface area contributed by atoms with Crippen LogP contribution in [0.4, 0.5) is 13.2 Å². The van der Waals surface area contributed by atoms with Gasteiger partial charge in [0.25, 0.3) is 5.89 Å². The van der Waals surface area contributed by atoms with Crippen molar-refractivity contribution in [2.45, 2.75) is 13.0 Å². The van der Waals surface area contributed by atoms with Crippen molar-refractivity contribution in [1.29, 1.82) is 0 Å². The highest BCUT2D eigenvalue weighted by atomic mass is 35.5. The van der Waals surface area contributed by atoms with Gasteiger partial charge in [-0.05, 0) is 30.3 Å². The van der Waals surface area contributed by atoms with E-state index in [1.165, 1.54) is 18.3 Å². The second-order valence-corrected chi connectivity index (χ2v) is 5.05. The molecular formula is C15H9ClF3N3O2. The molecular weight excluding hydrogens is 347 g/mol. The second kappa shape index (κ2) is 6.88. The zero-order valence-corrected chi connectivity index (χ0v) is 12.7. The molecule has 9 heteroatoms. The van der Waals surface area contributed by atoms with Crippen molar-refractivity contribution in [2.24, 2.45) is 0 Å². The number of alkyl halides is 2. The summed E-state index contributed by atoms with van der Waals surface area (Å²) in [5.74, 6) is -0.935. The Balaban J connectivity index is 1.68. The maximum Gasteiger partial charge on any atom is 0.314 e. The summed E-state index contributed by atoms with van der Waals surface area (Å²) in [5.41, 5.74) is 0.950. The molecule has 0 aliphatic rings. The van der Waals surface area contributed by atoms with E-state index < -0.39 is 18.1 Å². The van der Waals surface area contributed by atoms with Crippen LogP contribution in [0, 0.1) is 5.82 Å². The minimum Gasteiger partial charge on any atom is -0.486 e. The Labute approximate surface area is 139 Å². The molecule has 0 radical (unpaired) electrons. The van der Waals surface area contributed by atoms with Crippen LogP contribution in [-0.2, 0) is 6.61 Å². The molecule has 3 aromatic rings. The highest BCUT2D eigenvalue weighted by Gasteiger charge is 2.17. The number of benzene rings is 1. The molecule has 0 unspecified atom stereocenters. The molecule has 0 N–H and O–H groups in total. The smallest absolute Gasteiger partial charge is 0.314 e. The van der Waals surface area contributed by atoms with Crippen LogP contribution in [0.3, 0.4) is 0 Å². The molecule has 1 aromatic carbocycles. The summed E-state index contributed by atoms with van der Waals surface area (Å²) in [5, 5.41) is 6.92. The lowest BCUT2D eigenvalue weighted by atomic mass is 10.2. The number of nitrogens with zero attached hydrogens (tertiary/aromatic N) is 3. The Morgan fingerprint density at radius 3 is 2.62 bits per heavy atom.